The summed E-state index contributed by atoms with van der Waals surface area (Å²) in [5.74, 6) is -1.17. The molecule has 2 N–H and O–H groups in total. The van der Waals surface area contributed by atoms with Gasteiger partial charge >= 0.3 is 5.97 Å². The van der Waals surface area contributed by atoms with Gasteiger partial charge in [0.15, 0.2) is 12.4 Å². The van der Waals surface area contributed by atoms with Crippen molar-refractivity contribution in [3.8, 4) is 0 Å². The minimum Gasteiger partial charge on any atom is -0.459 e. The van der Waals surface area contributed by atoms with E-state index in [2.05, 4.69) is 10.6 Å². The smallest absolute Gasteiger partial charge is 0.338 e. The lowest BCUT2D eigenvalue weighted by atomic mass is 10.2. The van der Waals surface area contributed by atoms with Gasteiger partial charge in [-0.25, -0.2) is 4.79 Å². The zero-order valence-electron chi connectivity index (χ0n) is 13.4. The van der Waals surface area contributed by atoms with E-state index in [0.29, 0.717) is 5.69 Å². The number of carbonyl (C=O) groups excluding carboxylic acids is 3. The van der Waals surface area contributed by atoms with Gasteiger partial charge in [-0.05, 0) is 50.2 Å². The molecule has 0 atom stereocenters. The minimum absolute atomic E-state index is 0.0201. The van der Waals surface area contributed by atoms with Crippen LogP contribution in [0, 0.1) is 0 Å². The van der Waals surface area contributed by atoms with Gasteiger partial charge in [0.2, 0.25) is 0 Å². The maximum Gasteiger partial charge on any atom is 0.338 e. The van der Waals surface area contributed by atoms with Gasteiger partial charge in [0.1, 0.15) is 0 Å². The van der Waals surface area contributed by atoms with Crippen LogP contribution in [0.5, 0.6) is 0 Å². The zero-order valence-corrected chi connectivity index (χ0v) is 13.4. The van der Waals surface area contributed by atoms with E-state index in [1.807, 2.05) is 13.8 Å². The molecule has 1 aromatic heterocycles. The van der Waals surface area contributed by atoms with Crippen molar-refractivity contribution in [3.05, 3.63) is 54.0 Å². The van der Waals surface area contributed by atoms with E-state index >= 15 is 0 Å². The van der Waals surface area contributed by atoms with Crippen molar-refractivity contribution < 1.29 is 23.5 Å². The van der Waals surface area contributed by atoms with Crippen molar-refractivity contribution in [3.63, 3.8) is 0 Å². The Morgan fingerprint density at radius 2 is 1.83 bits per heavy atom. The molecule has 0 aliphatic rings. The van der Waals surface area contributed by atoms with Gasteiger partial charge in [0.25, 0.3) is 11.8 Å². The van der Waals surface area contributed by atoms with E-state index in [0.717, 1.165) is 0 Å². The lowest BCUT2D eigenvalue weighted by molar-refractivity contribution is -0.124. The first kappa shape index (κ1) is 17.3. The third-order valence-electron chi connectivity index (χ3n) is 2.91. The maximum absolute atomic E-state index is 11.9. The van der Waals surface area contributed by atoms with E-state index in [4.69, 9.17) is 9.15 Å². The minimum atomic E-state index is -0.613. The molecule has 24 heavy (non-hydrogen) atoms. The Bertz CT molecular complexity index is 705. The zero-order chi connectivity index (χ0) is 17.5. The first-order valence-electron chi connectivity index (χ1n) is 7.37. The van der Waals surface area contributed by atoms with Crippen LogP contribution in [0.4, 0.5) is 5.69 Å². The van der Waals surface area contributed by atoms with Crippen LogP contribution < -0.4 is 10.6 Å². The summed E-state index contributed by atoms with van der Waals surface area (Å²) in [6.45, 7) is 3.29. The molecule has 2 rings (SSSR count). The highest BCUT2D eigenvalue weighted by Gasteiger charge is 2.12. The number of hydrogen-bond donors (Lipinski definition) is 2. The van der Waals surface area contributed by atoms with E-state index in [9.17, 15) is 14.4 Å². The van der Waals surface area contributed by atoms with Crippen LogP contribution in [-0.4, -0.2) is 30.4 Å². The summed E-state index contributed by atoms with van der Waals surface area (Å²) in [7, 11) is 0. The largest absolute Gasteiger partial charge is 0.459 e. The second-order valence-electron chi connectivity index (χ2n) is 5.31. The standard InChI is InChI=1S/C17H18N2O5/c1-11(2)18-15(20)10-24-17(22)12-5-7-13(8-6-12)19-16(21)14-4-3-9-23-14/h3-9,11H,10H2,1-2H3,(H,18,20)(H,19,21). The van der Waals surface area contributed by atoms with Crippen molar-refractivity contribution in [1.29, 1.82) is 0 Å². The predicted octanol–water partition coefficient (Wildman–Crippen LogP) is 2.21. The first-order chi connectivity index (χ1) is 11.5. The molecule has 0 aliphatic heterocycles. The fraction of sp³-hybridized carbons (Fsp3) is 0.235. The molecule has 1 aromatic carbocycles. The highest BCUT2D eigenvalue weighted by atomic mass is 16.5. The molecule has 0 spiro atoms. The van der Waals surface area contributed by atoms with Gasteiger partial charge in [0.05, 0.1) is 11.8 Å². The Labute approximate surface area is 139 Å². The number of rotatable bonds is 6. The van der Waals surface area contributed by atoms with Crippen molar-refractivity contribution in [2.24, 2.45) is 0 Å². The maximum atomic E-state index is 11.9. The Hall–Kier alpha value is -3.09. The lowest BCUT2D eigenvalue weighted by Crippen LogP contribution is -2.33. The molecule has 1 heterocycles. The van der Waals surface area contributed by atoms with Gasteiger partial charge in [0, 0.05) is 11.7 Å². The molecular formula is C17H18N2O5. The van der Waals surface area contributed by atoms with Crippen LogP contribution in [0.15, 0.2) is 47.1 Å². The second-order valence-corrected chi connectivity index (χ2v) is 5.31. The van der Waals surface area contributed by atoms with Gasteiger partial charge in [-0.2, -0.15) is 0 Å². The fourth-order valence-electron chi connectivity index (χ4n) is 1.87. The van der Waals surface area contributed by atoms with Gasteiger partial charge in [-0.15, -0.1) is 0 Å². The van der Waals surface area contributed by atoms with E-state index in [-0.39, 0.29) is 35.8 Å². The summed E-state index contributed by atoms with van der Waals surface area (Å²) < 4.78 is 9.90. The molecule has 0 bridgehead atoms. The third-order valence-corrected chi connectivity index (χ3v) is 2.91. The third kappa shape index (κ3) is 4.98. The molecule has 0 radical (unpaired) electrons. The average Bonchev–Trinajstić information content (AvgIpc) is 3.07. The number of esters is 1. The number of anilines is 1. The molecule has 7 nitrogen and oxygen atoms in total. The molecule has 7 heteroatoms. The quantitative estimate of drug-likeness (QED) is 0.791. The number of amides is 2. The van der Waals surface area contributed by atoms with E-state index in [1.165, 1.54) is 18.4 Å². The van der Waals surface area contributed by atoms with Crippen LogP contribution in [0.25, 0.3) is 0 Å². The van der Waals surface area contributed by atoms with Gasteiger partial charge in [-0.1, -0.05) is 0 Å². The SMILES string of the molecule is CC(C)NC(=O)COC(=O)c1ccc(NC(=O)c2ccco2)cc1. The summed E-state index contributed by atoms with van der Waals surface area (Å²) in [4.78, 5) is 35.1. The topological polar surface area (TPSA) is 97.6 Å². The molecule has 0 unspecified atom stereocenters. The van der Waals surface area contributed by atoms with Gasteiger partial charge in [-0.3, -0.25) is 9.59 Å². The van der Waals surface area contributed by atoms with Crippen LogP contribution in [0.1, 0.15) is 34.8 Å². The van der Waals surface area contributed by atoms with Crippen LogP contribution in [0.3, 0.4) is 0 Å². The van der Waals surface area contributed by atoms with Crippen LogP contribution >= 0.6 is 0 Å². The van der Waals surface area contributed by atoms with Crippen LogP contribution in [0.2, 0.25) is 0 Å². The summed E-state index contributed by atoms with van der Waals surface area (Å²) in [6, 6.07) is 9.26. The van der Waals surface area contributed by atoms with Crippen molar-refractivity contribution >= 4 is 23.5 Å². The monoisotopic (exact) mass is 330 g/mol. The van der Waals surface area contributed by atoms with Crippen molar-refractivity contribution in [2.45, 2.75) is 19.9 Å². The van der Waals surface area contributed by atoms with Crippen molar-refractivity contribution in [2.75, 3.05) is 11.9 Å². The Morgan fingerprint density at radius 3 is 2.42 bits per heavy atom. The summed E-state index contributed by atoms with van der Waals surface area (Å²) >= 11 is 0. The molecule has 0 aliphatic carbocycles. The number of furan rings is 1. The molecule has 0 saturated heterocycles. The molecular weight excluding hydrogens is 312 g/mol. The highest BCUT2D eigenvalue weighted by molar-refractivity contribution is 6.02. The van der Waals surface area contributed by atoms with E-state index < -0.39 is 5.97 Å². The lowest BCUT2D eigenvalue weighted by Gasteiger charge is -2.09. The molecule has 0 saturated carbocycles. The fourth-order valence-corrected chi connectivity index (χ4v) is 1.87. The molecule has 126 valence electrons. The van der Waals surface area contributed by atoms with Crippen LogP contribution in [-0.2, 0) is 9.53 Å². The van der Waals surface area contributed by atoms with Gasteiger partial charge < -0.3 is 19.8 Å². The Kier molecular flexibility index (Phi) is 5.73. The summed E-state index contributed by atoms with van der Waals surface area (Å²) in [5, 5.41) is 5.25. The second kappa shape index (κ2) is 7.96. The van der Waals surface area contributed by atoms with E-state index in [1.54, 1.807) is 24.3 Å². The Balaban J connectivity index is 1.88. The number of carbonyl (C=O) groups is 3. The summed E-state index contributed by atoms with van der Waals surface area (Å²) in [6.07, 6.45) is 1.41. The Morgan fingerprint density at radius 1 is 1.12 bits per heavy atom. The summed E-state index contributed by atoms with van der Waals surface area (Å²) in [5.41, 5.74) is 0.786. The number of benzene rings is 1. The highest BCUT2D eigenvalue weighted by Crippen LogP contribution is 2.12. The molecule has 2 amide bonds. The molecule has 0 fully saturated rings. The molecule has 2 aromatic rings. The predicted molar refractivity (Wildman–Crippen MR) is 86.7 cm³/mol. The van der Waals surface area contributed by atoms with Crippen molar-refractivity contribution in [1.82, 2.24) is 5.32 Å². The number of nitrogens with one attached hydrogen (secondary N) is 2. The number of ether oxygens (including phenoxy) is 1. The first-order valence-corrected chi connectivity index (χ1v) is 7.37. The average molecular weight is 330 g/mol. The normalized spacial score (nSPS) is 10.3. The number of hydrogen-bond acceptors (Lipinski definition) is 5.